The smallest absolute Gasteiger partial charge is 0.300 e. The minimum Gasteiger partial charge on any atom is -0.300 e. The van der Waals surface area contributed by atoms with E-state index in [1.807, 2.05) is 0 Å². The van der Waals surface area contributed by atoms with Crippen molar-refractivity contribution in [1.29, 1.82) is 0 Å². The van der Waals surface area contributed by atoms with Crippen molar-refractivity contribution < 1.29 is 18.0 Å². The molecule has 0 amide bonds. The Hall–Kier alpha value is -0.250. The zero-order valence-corrected chi connectivity index (χ0v) is 5.54. The van der Waals surface area contributed by atoms with Gasteiger partial charge in [0.2, 0.25) is 5.67 Å². The lowest BCUT2D eigenvalue weighted by Crippen LogP contribution is -2.63. The van der Waals surface area contributed by atoms with E-state index in [-0.39, 0.29) is 6.29 Å². The maximum absolute atomic E-state index is 12.5. The largest absolute Gasteiger partial charge is 0.304 e. The maximum atomic E-state index is 12.5. The molecule has 1 nitrogen and oxygen atoms in total. The lowest BCUT2D eigenvalue weighted by molar-refractivity contribution is -0.196. The number of hydrogen-bond acceptors (Lipinski definition) is 1. The third-order valence-electron chi connectivity index (χ3n) is 1.61. The van der Waals surface area contributed by atoms with Crippen LogP contribution in [0.15, 0.2) is 0 Å². The summed E-state index contributed by atoms with van der Waals surface area (Å²) in [6.07, 6.45) is -0.975. The van der Waals surface area contributed by atoms with E-state index in [1.54, 1.807) is 0 Å². The Balaban J connectivity index is 2.80. The maximum Gasteiger partial charge on any atom is 0.304 e. The van der Waals surface area contributed by atoms with Crippen LogP contribution < -0.4 is 0 Å². The monoisotopic (exact) mass is 172 g/mol. The Labute approximate surface area is 60.2 Å². The average molecular weight is 173 g/mol. The van der Waals surface area contributed by atoms with Crippen LogP contribution in [0.5, 0.6) is 0 Å². The van der Waals surface area contributed by atoms with Crippen LogP contribution in [0.25, 0.3) is 0 Å². The zero-order chi connectivity index (χ0) is 7.99. The first-order chi connectivity index (χ1) is 4.44. The number of carbonyl (C=O) groups is 1. The highest BCUT2D eigenvalue weighted by molar-refractivity contribution is 6.22. The molecule has 2 unspecified atom stereocenters. The van der Waals surface area contributed by atoms with Crippen molar-refractivity contribution in [1.82, 2.24) is 0 Å². The second kappa shape index (κ2) is 1.87. The summed E-state index contributed by atoms with van der Waals surface area (Å²) in [6.45, 7) is 0. The number of rotatable bonds is 1. The van der Waals surface area contributed by atoms with Crippen LogP contribution in [0, 0.1) is 0 Å². The third kappa shape index (κ3) is 0.682. The van der Waals surface area contributed by atoms with Crippen LogP contribution in [-0.4, -0.2) is 23.3 Å². The lowest BCUT2D eigenvalue weighted by Gasteiger charge is -2.42. The molecule has 1 rings (SSSR count). The van der Waals surface area contributed by atoms with E-state index in [0.29, 0.717) is 0 Å². The number of hydrogen-bond donors (Lipinski definition) is 0. The molecule has 0 aromatic heterocycles. The molecule has 1 aliphatic carbocycles. The summed E-state index contributed by atoms with van der Waals surface area (Å²) in [5, 5.41) is -1.54. The Morgan fingerprint density at radius 1 is 1.50 bits per heavy atom. The summed E-state index contributed by atoms with van der Waals surface area (Å²) in [5.41, 5.74) is -3.01. The average Bonchev–Trinajstić information content (AvgIpc) is 1.88. The zero-order valence-electron chi connectivity index (χ0n) is 4.78. The van der Waals surface area contributed by atoms with E-state index < -0.39 is 23.4 Å². The fourth-order valence-corrected chi connectivity index (χ4v) is 1.19. The molecule has 0 N–H and O–H groups in total. The first-order valence-corrected chi connectivity index (χ1v) is 3.05. The molecule has 0 aromatic rings. The predicted octanol–water partition coefficient (Wildman–Crippen LogP) is 1.54. The minimum atomic E-state index is -3.68. The number of carbonyl (C=O) groups excluding carboxylic acids is 1. The standard InChI is InChI=1S/C5H4ClF3O/c6-3-1-4(7,2-10)5(3,8)9/h2-3H,1H2. The predicted molar refractivity (Wildman–Crippen MR) is 29.1 cm³/mol. The van der Waals surface area contributed by atoms with Gasteiger partial charge in [0.25, 0.3) is 0 Å². The summed E-state index contributed by atoms with van der Waals surface area (Å²) in [7, 11) is 0. The van der Waals surface area contributed by atoms with E-state index in [1.165, 1.54) is 0 Å². The minimum absolute atomic E-state index is 0.383. The van der Waals surface area contributed by atoms with Gasteiger partial charge >= 0.3 is 5.92 Å². The van der Waals surface area contributed by atoms with Gasteiger partial charge in [0, 0.05) is 6.42 Å². The van der Waals surface area contributed by atoms with Crippen molar-refractivity contribution >= 4 is 17.9 Å². The second-order valence-electron chi connectivity index (χ2n) is 2.27. The first-order valence-electron chi connectivity index (χ1n) is 2.61. The first kappa shape index (κ1) is 7.85. The quantitative estimate of drug-likeness (QED) is 0.433. The Kier molecular flexibility index (Phi) is 1.47. The lowest BCUT2D eigenvalue weighted by atomic mass is 9.78. The van der Waals surface area contributed by atoms with Gasteiger partial charge in [0.1, 0.15) is 5.38 Å². The van der Waals surface area contributed by atoms with Crippen LogP contribution in [0.4, 0.5) is 13.2 Å². The van der Waals surface area contributed by atoms with Crippen LogP contribution in [-0.2, 0) is 4.79 Å². The number of halogens is 4. The van der Waals surface area contributed by atoms with Crippen LogP contribution in [0.2, 0.25) is 0 Å². The van der Waals surface area contributed by atoms with Gasteiger partial charge in [-0.25, -0.2) is 13.2 Å². The van der Waals surface area contributed by atoms with E-state index in [4.69, 9.17) is 11.6 Å². The number of alkyl halides is 4. The van der Waals surface area contributed by atoms with E-state index in [0.717, 1.165) is 0 Å². The fourth-order valence-electron chi connectivity index (χ4n) is 0.781. The Morgan fingerprint density at radius 3 is 2.10 bits per heavy atom. The molecule has 1 fully saturated rings. The van der Waals surface area contributed by atoms with E-state index >= 15 is 0 Å². The van der Waals surface area contributed by atoms with Crippen molar-refractivity contribution in [3.05, 3.63) is 0 Å². The van der Waals surface area contributed by atoms with Gasteiger partial charge in [-0.05, 0) is 0 Å². The number of aldehydes is 1. The topological polar surface area (TPSA) is 17.1 Å². The highest BCUT2D eigenvalue weighted by Gasteiger charge is 2.70. The molecule has 0 saturated heterocycles. The van der Waals surface area contributed by atoms with Crippen molar-refractivity contribution in [2.75, 3.05) is 0 Å². The van der Waals surface area contributed by atoms with Crippen molar-refractivity contribution in [2.24, 2.45) is 0 Å². The Bertz CT molecular complexity index is 172. The fraction of sp³-hybridized carbons (Fsp3) is 0.800. The van der Waals surface area contributed by atoms with Gasteiger partial charge in [0.05, 0.1) is 0 Å². The normalized spacial score (nSPS) is 44.2. The molecule has 10 heavy (non-hydrogen) atoms. The summed E-state index contributed by atoms with van der Waals surface area (Å²) in [4.78, 5) is 9.76. The second-order valence-corrected chi connectivity index (χ2v) is 2.80. The molecular formula is C5H4ClF3O. The van der Waals surface area contributed by atoms with Crippen molar-refractivity contribution in [3.8, 4) is 0 Å². The molecule has 0 spiro atoms. The third-order valence-corrected chi connectivity index (χ3v) is 2.04. The molecule has 0 aromatic carbocycles. The molecule has 0 heterocycles. The van der Waals surface area contributed by atoms with Crippen LogP contribution in [0.1, 0.15) is 6.42 Å². The highest BCUT2D eigenvalue weighted by Crippen LogP contribution is 2.51. The molecule has 0 bridgehead atoms. The molecule has 1 saturated carbocycles. The van der Waals surface area contributed by atoms with E-state index in [2.05, 4.69) is 0 Å². The molecule has 0 radical (unpaired) electrons. The molecule has 2 atom stereocenters. The van der Waals surface area contributed by atoms with Gasteiger partial charge < -0.3 is 0 Å². The van der Waals surface area contributed by atoms with E-state index in [9.17, 15) is 18.0 Å². The van der Waals surface area contributed by atoms with Gasteiger partial charge in [-0.3, -0.25) is 4.79 Å². The summed E-state index contributed by atoms with van der Waals surface area (Å²) in [6, 6.07) is 0. The van der Waals surface area contributed by atoms with Crippen molar-refractivity contribution in [3.63, 3.8) is 0 Å². The Morgan fingerprint density at radius 2 is 2.00 bits per heavy atom. The van der Waals surface area contributed by atoms with Gasteiger partial charge in [-0.15, -0.1) is 11.6 Å². The molecule has 0 aliphatic heterocycles. The summed E-state index contributed by atoms with van der Waals surface area (Å²) >= 11 is 4.95. The summed E-state index contributed by atoms with van der Waals surface area (Å²) in [5.74, 6) is -3.68. The SMILES string of the molecule is O=CC1(F)CC(Cl)C1(F)F. The molecular weight excluding hydrogens is 169 g/mol. The van der Waals surface area contributed by atoms with Gasteiger partial charge in [-0.2, -0.15) is 0 Å². The molecule has 58 valence electrons. The molecule has 5 heteroatoms. The van der Waals surface area contributed by atoms with Gasteiger partial charge in [0.15, 0.2) is 6.29 Å². The summed E-state index contributed by atoms with van der Waals surface area (Å²) < 4.78 is 36.9. The molecule has 1 aliphatic rings. The van der Waals surface area contributed by atoms with Gasteiger partial charge in [-0.1, -0.05) is 0 Å². The van der Waals surface area contributed by atoms with Crippen LogP contribution in [0.3, 0.4) is 0 Å². The van der Waals surface area contributed by atoms with Crippen LogP contribution >= 0.6 is 11.6 Å². The highest BCUT2D eigenvalue weighted by atomic mass is 35.5. The van der Waals surface area contributed by atoms with Crippen molar-refractivity contribution in [2.45, 2.75) is 23.4 Å².